The first-order valence-electron chi connectivity index (χ1n) is 14.3. The lowest BCUT2D eigenvalue weighted by molar-refractivity contribution is -0.129. The summed E-state index contributed by atoms with van der Waals surface area (Å²) in [7, 11) is 1.77. The van der Waals surface area contributed by atoms with Crippen molar-refractivity contribution in [2.75, 3.05) is 31.5 Å². The van der Waals surface area contributed by atoms with Gasteiger partial charge in [-0.25, -0.2) is 4.98 Å². The summed E-state index contributed by atoms with van der Waals surface area (Å²) in [5, 5.41) is 17.1. The number of anilines is 1. The van der Waals surface area contributed by atoms with Gasteiger partial charge in [-0.3, -0.25) is 24.2 Å². The van der Waals surface area contributed by atoms with Gasteiger partial charge in [-0.1, -0.05) is 18.7 Å². The van der Waals surface area contributed by atoms with E-state index in [4.69, 9.17) is 9.72 Å². The fourth-order valence-corrected chi connectivity index (χ4v) is 5.36. The van der Waals surface area contributed by atoms with E-state index in [-0.39, 0.29) is 29.1 Å². The highest BCUT2D eigenvalue weighted by Crippen LogP contribution is 2.40. The lowest BCUT2D eigenvalue weighted by atomic mass is 10.1. The van der Waals surface area contributed by atoms with Crippen LogP contribution in [0.3, 0.4) is 0 Å². The topological polar surface area (TPSA) is 129 Å². The molecule has 3 aromatic rings. The van der Waals surface area contributed by atoms with E-state index in [1.807, 2.05) is 19.2 Å². The Bertz CT molecular complexity index is 1590. The molecule has 0 aromatic carbocycles. The summed E-state index contributed by atoms with van der Waals surface area (Å²) in [5.41, 5.74) is 3.41. The standard InChI is InChI=1S/C32H36N8O3/c1-6-24-18-39(12-13-40(24)29(41)7-2)19-28(25-11-10-23(16-34-25)22-8-9-22)43-27-14-20(3)30(35-26(27)15-33)32(42)36-31-21(4)17-38(5)37-31/h6-7,10-11,14,16-17,22,24,28H,1-2,8-9,12-13,18-19H2,3-5H3,(H,36,37,42)/t24-,28-/m1/s1. The molecule has 0 bridgehead atoms. The summed E-state index contributed by atoms with van der Waals surface area (Å²) in [5.74, 6) is 0.677. The largest absolute Gasteiger partial charge is 0.480 e. The first-order chi connectivity index (χ1) is 20.7. The number of nitrogens with zero attached hydrogens (tertiary/aromatic N) is 7. The maximum Gasteiger partial charge on any atom is 0.275 e. The summed E-state index contributed by atoms with van der Waals surface area (Å²) < 4.78 is 8.12. The van der Waals surface area contributed by atoms with Crippen molar-refractivity contribution >= 4 is 17.6 Å². The van der Waals surface area contributed by atoms with E-state index in [0.717, 1.165) is 11.3 Å². The predicted octanol–water partition coefficient (Wildman–Crippen LogP) is 3.83. The van der Waals surface area contributed by atoms with Gasteiger partial charge in [0, 0.05) is 51.2 Å². The zero-order valence-corrected chi connectivity index (χ0v) is 24.8. The summed E-state index contributed by atoms with van der Waals surface area (Å²) >= 11 is 0. The average molecular weight is 581 g/mol. The quantitative estimate of drug-likeness (QED) is 0.283. The molecule has 2 aliphatic rings. The molecule has 5 rings (SSSR count). The number of hydrogen-bond acceptors (Lipinski definition) is 8. The van der Waals surface area contributed by atoms with Crippen molar-refractivity contribution in [2.24, 2.45) is 7.05 Å². The monoisotopic (exact) mass is 580 g/mol. The summed E-state index contributed by atoms with van der Waals surface area (Å²) in [6.45, 7) is 13.3. The highest BCUT2D eigenvalue weighted by Gasteiger charge is 2.31. The molecule has 2 amide bonds. The lowest BCUT2D eigenvalue weighted by Gasteiger charge is -2.40. The molecule has 1 N–H and O–H groups in total. The van der Waals surface area contributed by atoms with Crippen LogP contribution in [0.1, 0.15) is 63.4 Å². The Morgan fingerprint density at radius 3 is 2.63 bits per heavy atom. The molecule has 11 nitrogen and oxygen atoms in total. The molecule has 1 saturated carbocycles. The smallest absolute Gasteiger partial charge is 0.275 e. The number of nitrogens with one attached hydrogen (secondary N) is 1. The minimum Gasteiger partial charge on any atom is -0.480 e. The number of aromatic nitrogens is 4. The molecular weight excluding hydrogens is 544 g/mol. The van der Waals surface area contributed by atoms with Crippen LogP contribution in [0.4, 0.5) is 5.82 Å². The zero-order chi connectivity index (χ0) is 30.7. The Morgan fingerprint density at radius 1 is 1.23 bits per heavy atom. The Kier molecular flexibility index (Phi) is 8.68. The summed E-state index contributed by atoms with van der Waals surface area (Å²) in [6.07, 6.45) is 8.60. The number of ether oxygens (including phenoxy) is 1. The van der Waals surface area contributed by atoms with Crippen molar-refractivity contribution in [3.05, 3.63) is 89.7 Å². The molecule has 2 fully saturated rings. The average Bonchev–Trinajstić information content (AvgIpc) is 3.81. The van der Waals surface area contributed by atoms with E-state index >= 15 is 0 Å². The van der Waals surface area contributed by atoms with Gasteiger partial charge in [-0.05, 0) is 61.9 Å². The molecule has 2 atom stereocenters. The van der Waals surface area contributed by atoms with Crippen LogP contribution in [-0.4, -0.2) is 73.6 Å². The van der Waals surface area contributed by atoms with Crippen LogP contribution >= 0.6 is 0 Å². The van der Waals surface area contributed by atoms with Gasteiger partial charge in [0.05, 0.1) is 11.7 Å². The van der Waals surface area contributed by atoms with E-state index in [9.17, 15) is 14.9 Å². The van der Waals surface area contributed by atoms with Crippen molar-refractivity contribution in [1.29, 1.82) is 5.26 Å². The van der Waals surface area contributed by atoms with Crippen LogP contribution in [0.5, 0.6) is 5.75 Å². The SMILES string of the molecule is C=CC(=O)N1CCN(C[C@@H](Oc2cc(C)c(C(=O)Nc3nn(C)cc3C)nc2C#N)c2ccc(C3CC3)cn2)C[C@H]1C=C. The number of nitriles is 1. The fraction of sp³-hybridized carbons (Fsp3) is 0.375. The highest BCUT2D eigenvalue weighted by atomic mass is 16.5. The molecule has 0 spiro atoms. The van der Waals surface area contributed by atoms with Gasteiger partial charge in [0.2, 0.25) is 5.91 Å². The highest BCUT2D eigenvalue weighted by molar-refractivity contribution is 6.03. The fourth-order valence-electron chi connectivity index (χ4n) is 5.36. The van der Waals surface area contributed by atoms with Gasteiger partial charge in [-0.2, -0.15) is 10.4 Å². The summed E-state index contributed by atoms with van der Waals surface area (Å²) in [4.78, 5) is 38.6. The second-order valence-electron chi connectivity index (χ2n) is 11.1. The maximum absolute atomic E-state index is 13.1. The number of carbonyl (C=O) groups is 2. The Hall–Kier alpha value is -4.82. The molecule has 222 valence electrons. The van der Waals surface area contributed by atoms with Crippen molar-refractivity contribution in [3.63, 3.8) is 0 Å². The number of pyridine rings is 2. The third-order valence-corrected chi connectivity index (χ3v) is 7.86. The Morgan fingerprint density at radius 2 is 2.02 bits per heavy atom. The first kappa shape index (κ1) is 29.7. The molecule has 3 aromatic heterocycles. The first-order valence-corrected chi connectivity index (χ1v) is 14.3. The molecule has 1 saturated heterocycles. The minimum absolute atomic E-state index is 0.00143. The number of piperazine rings is 1. The second kappa shape index (κ2) is 12.6. The van der Waals surface area contributed by atoms with E-state index in [1.165, 1.54) is 24.5 Å². The third kappa shape index (κ3) is 6.65. The molecule has 0 unspecified atom stereocenters. The Labute approximate surface area is 251 Å². The molecule has 4 heterocycles. The number of rotatable bonds is 10. The van der Waals surface area contributed by atoms with Gasteiger partial charge in [0.1, 0.15) is 11.8 Å². The molecule has 43 heavy (non-hydrogen) atoms. The maximum atomic E-state index is 13.1. The normalized spacial score (nSPS) is 17.5. The van der Waals surface area contributed by atoms with E-state index in [2.05, 4.69) is 45.6 Å². The number of hydrogen-bond donors (Lipinski definition) is 1. The molecule has 11 heteroatoms. The van der Waals surface area contributed by atoms with Crippen molar-refractivity contribution in [1.82, 2.24) is 29.5 Å². The van der Waals surface area contributed by atoms with E-state index < -0.39 is 12.0 Å². The van der Waals surface area contributed by atoms with E-state index in [1.54, 1.807) is 41.9 Å². The number of carbonyl (C=O) groups excluding carboxylic acids is 2. The van der Waals surface area contributed by atoms with Gasteiger partial charge in [-0.15, -0.1) is 6.58 Å². The van der Waals surface area contributed by atoms with Crippen LogP contribution in [-0.2, 0) is 11.8 Å². The van der Waals surface area contributed by atoms with Crippen LogP contribution < -0.4 is 10.1 Å². The molecule has 1 aliphatic carbocycles. The zero-order valence-electron chi connectivity index (χ0n) is 24.8. The van der Waals surface area contributed by atoms with Gasteiger partial charge >= 0.3 is 0 Å². The number of aryl methyl sites for hydroxylation is 3. The summed E-state index contributed by atoms with van der Waals surface area (Å²) in [6, 6.07) is 7.65. The van der Waals surface area contributed by atoms with Crippen molar-refractivity contribution in [3.8, 4) is 11.8 Å². The molecule has 0 radical (unpaired) electrons. The van der Waals surface area contributed by atoms with Crippen LogP contribution in [0.15, 0.2) is 55.9 Å². The molecule has 1 aliphatic heterocycles. The van der Waals surface area contributed by atoms with Crippen LogP contribution in [0.25, 0.3) is 0 Å². The van der Waals surface area contributed by atoms with Crippen LogP contribution in [0, 0.1) is 25.2 Å². The van der Waals surface area contributed by atoms with Crippen molar-refractivity contribution < 1.29 is 14.3 Å². The van der Waals surface area contributed by atoms with Crippen molar-refractivity contribution in [2.45, 2.75) is 44.8 Å². The van der Waals surface area contributed by atoms with Gasteiger partial charge in [0.25, 0.3) is 5.91 Å². The third-order valence-electron chi connectivity index (χ3n) is 7.86. The molecular formula is C32H36N8O3. The number of amides is 2. The predicted molar refractivity (Wildman–Crippen MR) is 162 cm³/mol. The van der Waals surface area contributed by atoms with Gasteiger partial charge < -0.3 is 15.0 Å². The lowest BCUT2D eigenvalue weighted by Crippen LogP contribution is -2.54. The van der Waals surface area contributed by atoms with E-state index in [0.29, 0.717) is 43.5 Å². The van der Waals surface area contributed by atoms with Crippen LogP contribution in [0.2, 0.25) is 0 Å². The van der Waals surface area contributed by atoms with Gasteiger partial charge in [0.15, 0.2) is 23.4 Å². The Balaban J connectivity index is 1.40. The minimum atomic E-state index is -0.537. The second-order valence-corrected chi connectivity index (χ2v) is 11.1.